The topological polar surface area (TPSA) is 69.6 Å². The molecule has 0 aromatic carbocycles. The summed E-state index contributed by atoms with van der Waals surface area (Å²) in [6.45, 7) is 3.64. The minimum Gasteiger partial charge on any atom is -0.480 e. The number of amides is 2. The predicted molar refractivity (Wildman–Crippen MR) is 76.6 cm³/mol. The summed E-state index contributed by atoms with van der Waals surface area (Å²) >= 11 is 0. The molecule has 0 aromatic heterocycles. The lowest BCUT2D eigenvalue weighted by atomic mass is 9.77. The van der Waals surface area contributed by atoms with Gasteiger partial charge in [0.1, 0.15) is 5.54 Å². The van der Waals surface area contributed by atoms with Crippen LogP contribution in [0.25, 0.3) is 0 Å². The average Bonchev–Trinajstić information content (AvgIpc) is 2.70. The van der Waals surface area contributed by atoms with Crippen molar-refractivity contribution in [2.45, 2.75) is 63.8 Å². The summed E-state index contributed by atoms with van der Waals surface area (Å²) in [5, 5.41) is 12.4. The van der Waals surface area contributed by atoms with Gasteiger partial charge in [0.2, 0.25) is 0 Å². The number of carbonyl (C=O) groups excluding carboxylic acids is 1. The van der Waals surface area contributed by atoms with Crippen molar-refractivity contribution in [3.8, 4) is 0 Å². The summed E-state index contributed by atoms with van der Waals surface area (Å²) < 4.78 is 0. The first-order valence-electron chi connectivity index (χ1n) is 7.84. The summed E-state index contributed by atoms with van der Waals surface area (Å²) in [6.07, 6.45) is 7.18. The third-order valence-corrected chi connectivity index (χ3v) is 4.78. The van der Waals surface area contributed by atoms with Crippen molar-refractivity contribution in [3.05, 3.63) is 0 Å². The zero-order valence-electron chi connectivity index (χ0n) is 12.4. The van der Waals surface area contributed by atoms with Crippen molar-refractivity contribution >= 4 is 12.0 Å². The third-order valence-electron chi connectivity index (χ3n) is 4.78. The predicted octanol–water partition coefficient (Wildman–Crippen LogP) is 2.61. The van der Waals surface area contributed by atoms with Crippen molar-refractivity contribution in [2.24, 2.45) is 5.92 Å². The van der Waals surface area contributed by atoms with Crippen LogP contribution in [0.1, 0.15) is 58.3 Å². The molecule has 0 spiro atoms. The fourth-order valence-corrected chi connectivity index (χ4v) is 3.20. The molecule has 1 heterocycles. The quantitative estimate of drug-likeness (QED) is 0.818. The number of carboxylic acids is 1. The molecule has 0 unspecified atom stereocenters. The van der Waals surface area contributed by atoms with E-state index in [2.05, 4.69) is 12.2 Å². The normalized spacial score (nSPS) is 31.4. The van der Waals surface area contributed by atoms with Gasteiger partial charge in [0, 0.05) is 13.1 Å². The number of hydrogen-bond acceptors (Lipinski definition) is 2. The van der Waals surface area contributed by atoms with E-state index in [0.717, 1.165) is 51.6 Å². The molecule has 5 heteroatoms. The van der Waals surface area contributed by atoms with Crippen LogP contribution in [0.15, 0.2) is 0 Å². The molecule has 114 valence electrons. The summed E-state index contributed by atoms with van der Waals surface area (Å²) in [5.41, 5.74) is -1.05. The van der Waals surface area contributed by atoms with Crippen LogP contribution in [0.5, 0.6) is 0 Å². The maximum absolute atomic E-state index is 12.4. The smallest absolute Gasteiger partial charge is 0.329 e. The van der Waals surface area contributed by atoms with Crippen LogP contribution in [0, 0.1) is 5.92 Å². The van der Waals surface area contributed by atoms with Gasteiger partial charge in [0.05, 0.1) is 0 Å². The lowest BCUT2D eigenvalue weighted by Gasteiger charge is -2.37. The van der Waals surface area contributed by atoms with Crippen LogP contribution in [0.4, 0.5) is 4.79 Å². The monoisotopic (exact) mass is 282 g/mol. The molecular weight excluding hydrogens is 256 g/mol. The third kappa shape index (κ3) is 3.44. The van der Waals surface area contributed by atoms with E-state index in [1.807, 2.05) is 0 Å². The van der Waals surface area contributed by atoms with Gasteiger partial charge < -0.3 is 15.3 Å². The molecule has 0 aromatic rings. The van der Waals surface area contributed by atoms with Gasteiger partial charge in [0.15, 0.2) is 0 Å². The first kappa shape index (κ1) is 15.1. The van der Waals surface area contributed by atoms with E-state index in [1.54, 1.807) is 4.90 Å². The zero-order valence-corrected chi connectivity index (χ0v) is 12.4. The van der Waals surface area contributed by atoms with E-state index in [0.29, 0.717) is 18.8 Å². The Morgan fingerprint density at radius 3 is 2.15 bits per heavy atom. The summed E-state index contributed by atoms with van der Waals surface area (Å²) in [6, 6.07) is -0.191. The highest BCUT2D eigenvalue weighted by atomic mass is 16.4. The van der Waals surface area contributed by atoms with Gasteiger partial charge in [-0.15, -0.1) is 0 Å². The number of aliphatic carboxylic acids is 1. The molecule has 1 aliphatic heterocycles. The second-order valence-corrected chi connectivity index (χ2v) is 6.40. The number of nitrogens with zero attached hydrogens (tertiary/aromatic N) is 1. The first-order valence-corrected chi connectivity index (χ1v) is 7.84. The molecule has 2 amide bonds. The van der Waals surface area contributed by atoms with Gasteiger partial charge in [-0.05, 0) is 44.4 Å². The number of rotatable bonds is 2. The Bertz CT molecular complexity index is 354. The average molecular weight is 282 g/mol. The number of nitrogens with one attached hydrogen (secondary N) is 1. The molecule has 1 saturated heterocycles. The largest absolute Gasteiger partial charge is 0.480 e. The van der Waals surface area contributed by atoms with E-state index in [-0.39, 0.29) is 6.03 Å². The van der Waals surface area contributed by atoms with Crippen molar-refractivity contribution in [1.29, 1.82) is 0 Å². The van der Waals surface area contributed by atoms with Gasteiger partial charge >= 0.3 is 12.0 Å². The Balaban J connectivity index is 2.00. The summed E-state index contributed by atoms with van der Waals surface area (Å²) in [4.78, 5) is 25.8. The molecule has 0 radical (unpaired) electrons. The molecule has 0 atom stereocenters. The van der Waals surface area contributed by atoms with Crippen LogP contribution in [-0.4, -0.2) is 40.6 Å². The Kier molecular flexibility index (Phi) is 4.89. The van der Waals surface area contributed by atoms with Gasteiger partial charge in [-0.3, -0.25) is 0 Å². The number of urea groups is 1. The second kappa shape index (κ2) is 6.46. The first-order chi connectivity index (χ1) is 9.53. The minimum atomic E-state index is -1.05. The molecule has 2 fully saturated rings. The van der Waals surface area contributed by atoms with Crippen molar-refractivity contribution in [3.63, 3.8) is 0 Å². The van der Waals surface area contributed by atoms with Gasteiger partial charge in [-0.1, -0.05) is 19.8 Å². The highest BCUT2D eigenvalue weighted by molar-refractivity contribution is 5.86. The fraction of sp³-hybridized carbons (Fsp3) is 0.867. The lowest BCUT2D eigenvalue weighted by molar-refractivity contribution is -0.146. The van der Waals surface area contributed by atoms with Gasteiger partial charge in [-0.2, -0.15) is 0 Å². The molecular formula is C15H26N2O3. The molecule has 1 aliphatic carbocycles. The van der Waals surface area contributed by atoms with E-state index < -0.39 is 11.5 Å². The molecule has 20 heavy (non-hydrogen) atoms. The molecule has 2 aliphatic rings. The van der Waals surface area contributed by atoms with Crippen LogP contribution in [0.2, 0.25) is 0 Å². The molecule has 1 saturated carbocycles. The zero-order chi connectivity index (χ0) is 14.6. The van der Waals surface area contributed by atoms with Gasteiger partial charge in [0.25, 0.3) is 0 Å². The Morgan fingerprint density at radius 2 is 1.65 bits per heavy atom. The van der Waals surface area contributed by atoms with Crippen LogP contribution >= 0.6 is 0 Å². The summed E-state index contributed by atoms with van der Waals surface area (Å²) in [7, 11) is 0. The SMILES string of the molecule is CC1CCC(NC(=O)N2CCCCCC2)(C(=O)O)CC1. The molecule has 5 nitrogen and oxygen atoms in total. The Morgan fingerprint density at radius 1 is 1.10 bits per heavy atom. The van der Waals surface area contributed by atoms with E-state index in [4.69, 9.17) is 0 Å². The standard InChI is InChI=1S/C15H26N2O3/c1-12-6-8-15(9-7-12,13(18)19)16-14(20)17-10-4-2-3-5-11-17/h12H,2-11H2,1H3,(H,16,20)(H,18,19). The molecule has 0 bridgehead atoms. The van der Waals surface area contributed by atoms with Crippen LogP contribution < -0.4 is 5.32 Å². The minimum absolute atomic E-state index is 0.191. The summed E-state index contributed by atoms with van der Waals surface area (Å²) in [5.74, 6) is -0.329. The van der Waals surface area contributed by atoms with Gasteiger partial charge in [-0.25, -0.2) is 9.59 Å². The van der Waals surface area contributed by atoms with E-state index in [1.165, 1.54) is 0 Å². The Labute approximate surface area is 120 Å². The molecule has 2 rings (SSSR count). The highest BCUT2D eigenvalue weighted by Gasteiger charge is 2.43. The fourth-order valence-electron chi connectivity index (χ4n) is 3.20. The van der Waals surface area contributed by atoms with E-state index in [9.17, 15) is 14.7 Å². The van der Waals surface area contributed by atoms with Crippen molar-refractivity contribution in [2.75, 3.05) is 13.1 Å². The van der Waals surface area contributed by atoms with E-state index >= 15 is 0 Å². The van der Waals surface area contributed by atoms with Crippen molar-refractivity contribution in [1.82, 2.24) is 10.2 Å². The van der Waals surface area contributed by atoms with Crippen molar-refractivity contribution < 1.29 is 14.7 Å². The Hall–Kier alpha value is -1.26. The number of hydrogen-bond donors (Lipinski definition) is 2. The van der Waals surface area contributed by atoms with Crippen LogP contribution in [0.3, 0.4) is 0 Å². The maximum atomic E-state index is 12.4. The maximum Gasteiger partial charge on any atom is 0.329 e. The molecule has 2 N–H and O–H groups in total. The highest BCUT2D eigenvalue weighted by Crippen LogP contribution is 2.32. The number of carboxylic acid groups (broad SMARTS) is 1. The number of carbonyl (C=O) groups is 2. The number of likely N-dealkylation sites (tertiary alicyclic amines) is 1. The lowest BCUT2D eigenvalue weighted by Crippen LogP contribution is -2.59. The van der Waals surface area contributed by atoms with Crippen LogP contribution in [-0.2, 0) is 4.79 Å². The second-order valence-electron chi connectivity index (χ2n) is 6.40.